The normalized spacial score (nSPS) is 11.8. The summed E-state index contributed by atoms with van der Waals surface area (Å²) in [5.41, 5.74) is -0.156. The molecule has 9 nitrogen and oxygen atoms in total. The van der Waals surface area contributed by atoms with Crippen LogP contribution in [-0.2, 0) is 4.79 Å². The van der Waals surface area contributed by atoms with Crippen LogP contribution in [0, 0.1) is 10.1 Å². The van der Waals surface area contributed by atoms with Crippen molar-refractivity contribution in [3.05, 3.63) is 27.9 Å². The van der Waals surface area contributed by atoms with Crippen LogP contribution < -0.4 is 5.32 Å². The highest BCUT2D eigenvalue weighted by Gasteiger charge is 2.22. The minimum atomic E-state index is -1.45. The fraction of sp³-hybridized carbons (Fsp3) is 0.250. The van der Waals surface area contributed by atoms with Gasteiger partial charge in [-0.2, -0.15) is 0 Å². The first-order chi connectivity index (χ1) is 7.95. The van der Waals surface area contributed by atoms with Gasteiger partial charge in [-0.05, 0) is 11.0 Å². The second-order valence-corrected chi connectivity index (χ2v) is 3.06. The molecule has 92 valence electrons. The van der Waals surface area contributed by atoms with Crippen molar-refractivity contribution < 1.29 is 24.7 Å². The average Bonchev–Trinajstić information content (AvgIpc) is 2.74. The summed E-state index contributed by atoms with van der Waals surface area (Å²) in [6, 6.07) is 0.762. The van der Waals surface area contributed by atoms with Crippen LogP contribution in [0.1, 0.15) is 10.5 Å². The lowest BCUT2D eigenvalue weighted by Gasteiger charge is -2.09. The molecular weight excluding hydrogens is 234 g/mol. The monoisotopic (exact) mass is 243 g/mol. The molecule has 1 amide bonds. The van der Waals surface area contributed by atoms with Gasteiger partial charge >= 0.3 is 11.8 Å². The third kappa shape index (κ3) is 3.01. The van der Waals surface area contributed by atoms with Crippen molar-refractivity contribution in [3.8, 4) is 0 Å². The quantitative estimate of drug-likeness (QED) is 0.389. The van der Waals surface area contributed by atoms with Crippen molar-refractivity contribution in [1.82, 2.24) is 10.3 Å². The van der Waals surface area contributed by atoms with E-state index >= 15 is 0 Å². The first kappa shape index (κ1) is 12.6. The molecule has 0 saturated heterocycles. The number of carboxylic acid groups (broad SMARTS) is 1. The van der Waals surface area contributed by atoms with Gasteiger partial charge < -0.3 is 25.6 Å². The van der Waals surface area contributed by atoms with Crippen molar-refractivity contribution in [2.24, 2.45) is 0 Å². The molecule has 1 atom stereocenters. The number of amides is 1. The molecule has 0 radical (unpaired) electrons. The van der Waals surface area contributed by atoms with Gasteiger partial charge in [0, 0.05) is 6.07 Å². The van der Waals surface area contributed by atoms with Crippen LogP contribution in [0.5, 0.6) is 0 Å². The number of carbonyl (C=O) groups excluding carboxylic acids is 1. The van der Waals surface area contributed by atoms with Crippen molar-refractivity contribution >= 4 is 17.7 Å². The summed E-state index contributed by atoms with van der Waals surface area (Å²) in [4.78, 5) is 33.7. The predicted molar refractivity (Wildman–Crippen MR) is 53.4 cm³/mol. The highest BCUT2D eigenvalue weighted by atomic mass is 16.6. The number of nitrogens with zero attached hydrogens (tertiary/aromatic N) is 1. The fourth-order valence-electron chi connectivity index (χ4n) is 1.04. The van der Waals surface area contributed by atoms with Gasteiger partial charge in [0.25, 0.3) is 5.91 Å². The first-order valence-electron chi connectivity index (χ1n) is 4.43. The minimum absolute atomic E-state index is 0.156. The maximum Gasteiger partial charge on any atom is 0.328 e. The molecule has 4 N–H and O–H groups in total. The molecule has 0 aliphatic heterocycles. The number of carboxylic acids is 1. The van der Waals surface area contributed by atoms with Crippen molar-refractivity contribution in [2.45, 2.75) is 6.04 Å². The van der Waals surface area contributed by atoms with E-state index in [1.165, 1.54) is 0 Å². The van der Waals surface area contributed by atoms with Gasteiger partial charge in [-0.3, -0.25) is 4.79 Å². The zero-order valence-corrected chi connectivity index (χ0v) is 8.41. The van der Waals surface area contributed by atoms with Crippen molar-refractivity contribution in [3.63, 3.8) is 0 Å². The van der Waals surface area contributed by atoms with E-state index in [9.17, 15) is 19.7 Å². The molecular formula is C8H9N3O6. The topological polar surface area (TPSA) is 146 Å². The second-order valence-electron chi connectivity index (χ2n) is 3.06. The Labute approximate surface area is 94.2 Å². The summed E-state index contributed by atoms with van der Waals surface area (Å²) in [7, 11) is 0. The van der Waals surface area contributed by atoms with Crippen LogP contribution >= 0.6 is 0 Å². The molecule has 9 heteroatoms. The molecule has 0 bridgehead atoms. The summed E-state index contributed by atoms with van der Waals surface area (Å²) in [5, 5.41) is 29.6. The fourth-order valence-corrected chi connectivity index (χ4v) is 1.04. The molecule has 0 aliphatic rings. The standard InChI is InChI=1S/C8H9N3O6/c12-3-5(8(14)15)10-7(13)4-1-2-6(9-4)11(16)17/h1-2,5,9,12H,3H2,(H,10,13)(H,14,15). The van der Waals surface area contributed by atoms with Gasteiger partial charge in [0.1, 0.15) is 0 Å². The zero-order valence-electron chi connectivity index (χ0n) is 8.41. The Morgan fingerprint density at radius 2 is 2.18 bits per heavy atom. The third-order valence-corrected chi connectivity index (χ3v) is 1.90. The number of aromatic amines is 1. The van der Waals surface area contributed by atoms with Crippen LogP contribution in [0.4, 0.5) is 5.82 Å². The molecule has 0 saturated carbocycles. The number of aromatic nitrogens is 1. The Balaban J connectivity index is 2.75. The van der Waals surface area contributed by atoms with Gasteiger partial charge in [0.15, 0.2) is 11.7 Å². The zero-order chi connectivity index (χ0) is 13.0. The van der Waals surface area contributed by atoms with E-state index in [2.05, 4.69) is 4.98 Å². The van der Waals surface area contributed by atoms with Gasteiger partial charge in [0.05, 0.1) is 6.61 Å². The largest absolute Gasteiger partial charge is 0.480 e. The summed E-state index contributed by atoms with van der Waals surface area (Å²) in [5.74, 6) is -2.63. The Morgan fingerprint density at radius 1 is 1.53 bits per heavy atom. The van der Waals surface area contributed by atoms with E-state index in [1.54, 1.807) is 0 Å². The lowest BCUT2D eigenvalue weighted by molar-refractivity contribution is -0.389. The van der Waals surface area contributed by atoms with Crippen LogP contribution in [0.2, 0.25) is 0 Å². The van der Waals surface area contributed by atoms with Crippen LogP contribution in [0.3, 0.4) is 0 Å². The maximum absolute atomic E-state index is 11.4. The van der Waals surface area contributed by atoms with E-state index in [0.717, 1.165) is 12.1 Å². The Kier molecular flexibility index (Phi) is 3.78. The molecule has 1 aromatic rings. The molecule has 17 heavy (non-hydrogen) atoms. The minimum Gasteiger partial charge on any atom is -0.480 e. The van der Waals surface area contributed by atoms with Crippen LogP contribution in [0.25, 0.3) is 0 Å². The van der Waals surface area contributed by atoms with E-state index in [-0.39, 0.29) is 11.5 Å². The molecule has 0 fully saturated rings. The van der Waals surface area contributed by atoms with E-state index < -0.39 is 29.4 Å². The Hall–Kier alpha value is -2.42. The van der Waals surface area contributed by atoms with Gasteiger partial charge in [-0.15, -0.1) is 0 Å². The number of nitro groups is 1. The number of H-pyrrole nitrogens is 1. The maximum atomic E-state index is 11.4. The molecule has 1 heterocycles. The summed E-state index contributed by atoms with van der Waals surface area (Å²) >= 11 is 0. The van der Waals surface area contributed by atoms with Gasteiger partial charge in [0.2, 0.25) is 0 Å². The average molecular weight is 243 g/mol. The van der Waals surface area contributed by atoms with Crippen LogP contribution in [0.15, 0.2) is 12.1 Å². The summed E-state index contributed by atoms with van der Waals surface area (Å²) in [6.45, 7) is -0.774. The first-order valence-corrected chi connectivity index (χ1v) is 4.43. The summed E-state index contributed by atoms with van der Waals surface area (Å²) < 4.78 is 0. The van der Waals surface area contributed by atoms with Crippen molar-refractivity contribution in [1.29, 1.82) is 0 Å². The smallest absolute Gasteiger partial charge is 0.328 e. The Bertz CT molecular complexity index is 454. The second kappa shape index (κ2) is 5.07. The number of hydrogen-bond acceptors (Lipinski definition) is 5. The molecule has 0 spiro atoms. The SMILES string of the molecule is O=C(NC(CO)C(=O)O)c1ccc([N+](=O)[O-])[nH]1. The highest BCUT2D eigenvalue weighted by Crippen LogP contribution is 2.09. The summed E-state index contributed by atoms with van der Waals surface area (Å²) in [6.07, 6.45) is 0. The van der Waals surface area contributed by atoms with E-state index in [1.807, 2.05) is 5.32 Å². The predicted octanol–water partition coefficient (Wildman–Crippen LogP) is -0.902. The van der Waals surface area contributed by atoms with Crippen LogP contribution in [-0.4, -0.2) is 44.6 Å². The van der Waals surface area contributed by atoms with Gasteiger partial charge in [-0.25, -0.2) is 9.78 Å². The van der Waals surface area contributed by atoms with Crippen molar-refractivity contribution in [2.75, 3.05) is 6.61 Å². The number of hydrogen-bond donors (Lipinski definition) is 4. The number of aliphatic carboxylic acids is 1. The third-order valence-electron chi connectivity index (χ3n) is 1.90. The van der Waals surface area contributed by atoms with E-state index in [0.29, 0.717) is 0 Å². The molecule has 1 aromatic heterocycles. The Morgan fingerprint density at radius 3 is 2.59 bits per heavy atom. The number of aliphatic hydroxyl groups is 1. The molecule has 0 aliphatic carbocycles. The lowest BCUT2D eigenvalue weighted by atomic mass is 10.3. The highest BCUT2D eigenvalue weighted by molar-refractivity contribution is 5.95. The number of carbonyl (C=O) groups is 2. The lowest BCUT2D eigenvalue weighted by Crippen LogP contribution is -2.43. The number of aliphatic hydroxyl groups excluding tert-OH is 1. The molecule has 1 rings (SSSR count). The number of nitrogens with one attached hydrogen (secondary N) is 2. The molecule has 0 aromatic carbocycles. The van der Waals surface area contributed by atoms with Gasteiger partial charge in [-0.1, -0.05) is 0 Å². The number of rotatable bonds is 5. The van der Waals surface area contributed by atoms with E-state index in [4.69, 9.17) is 10.2 Å². The molecule has 1 unspecified atom stereocenters.